The molecule has 2 aromatic rings. The van der Waals surface area contributed by atoms with Crippen LogP contribution in [0.5, 0.6) is 5.75 Å². The van der Waals surface area contributed by atoms with Gasteiger partial charge in [-0.25, -0.2) is 4.99 Å². The highest BCUT2D eigenvalue weighted by Gasteiger charge is 2.10. The van der Waals surface area contributed by atoms with Crippen molar-refractivity contribution in [3.8, 4) is 5.75 Å². The molecule has 0 fully saturated rings. The first-order chi connectivity index (χ1) is 8.97. The fourth-order valence-electron chi connectivity index (χ4n) is 1.56. The van der Waals surface area contributed by atoms with Gasteiger partial charge >= 0.3 is 0 Å². The van der Waals surface area contributed by atoms with E-state index in [2.05, 4.69) is 10.1 Å². The SMILES string of the molecule is Cc1cc(C=Nc2cc(C)on2)c([O-])c([N+](=O)[O-])c1. The maximum absolute atomic E-state index is 11.8. The zero-order valence-electron chi connectivity index (χ0n) is 10.3. The van der Waals surface area contributed by atoms with Crippen LogP contribution in [0.15, 0.2) is 27.7 Å². The van der Waals surface area contributed by atoms with Crippen molar-refractivity contribution >= 4 is 17.7 Å². The quantitative estimate of drug-likeness (QED) is 0.477. The summed E-state index contributed by atoms with van der Waals surface area (Å²) in [7, 11) is 0. The number of rotatable bonds is 3. The molecule has 0 spiro atoms. The molecular formula is C12H10N3O4-. The zero-order valence-corrected chi connectivity index (χ0v) is 10.3. The van der Waals surface area contributed by atoms with Crippen LogP contribution in [0.4, 0.5) is 11.5 Å². The molecule has 7 nitrogen and oxygen atoms in total. The predicted molar refractivity (Wildman–Crippen MR) is 65.8 cm³/mol. The number of benzene rings is 1. The average molecular weight is 260 g/mol. The Kier molecular flexibility index (Phi) is 3.28. The Morgan fingerprint density at radius 1 is 1.37 bits per heavy atom. The molecule has 1 aromatic heterocycles. The van der Waals surface area contributed by atoms with Crippen LogP contribution < -0.4 is 5.11 Å². The Hall–Kier alpha value is -2.70. The third kappa shape index (κ3) is 2.76. The van der Waals surface area contributed by atoms with Gasteiger partial charge in [0.1, 0.15) is 5.76 Å². The number of nitrogens with zero attached hydrogens (tertiary/aromatic N) is 3. The van der Waals surface area contributed by atoms with E-state index >= 15 is 0 Å². The van der Waals surface area contributed by atoms with Crippen LogP contribution in [0.3, 0.4) is 0 Å². The molecule has 0 bridgehead atoms. The number of aliphatic imine (C=N–C) groups is 1. The van der Waals surface area contributed by atoms with Gasteiger partial charge in [-0.3, -0.25) is 10.1 Å². The lowest BCUT2D eigenvalue weighted by Crippen LogP contribution is -2.02. The maximum atomic E-state index is 11.8. The summed E-state index contributed by atoms with van der Waals surface area (Å²) in [6, 6.07) is 4.36. The first kappa shape index (κ1) is 12.7. The summed E-state index contributed by atoms with van der Waals surface area (Å²) in [5.74, 6) is 0.227. The number of hydrogen-bond acceptors (Lipinski definition) is 6. The molecule has 0 atom stereocenters. The summed E-state index contributed by atoms with van der Waals surface area (Å²) in [5.41, 5.74) is 0.300. The predicted octanol–water partition coefficient (Wildman–Crippen LogP) is 2.02. The molecule has 0 saturated heterocycles. The van der Waals surface area contributed by atoms with Gasteiger partial charge in [0.2, 0.25) is 0 Å². The number of aryl methyl sites for hydroxylation is 2. The summed E-state index contributed by atoms with van der Waals surface area (Å²) in [4.78, 5) is 14.0. The van der Waals surface area contributed by atoms with Crippen molar-refractivity contribution in [3.63, 3.8) is 0 Å². The van der Waals surface area contributed by atoms with Crippen LogP contribution in [0.25, 0.3) is 0 Å². The van der Waals surface area contributed by atoms with Gasteiger partial charge in [-0.2, -0.15) is 0 Å². The molecule has 1 aromatic carbocycles. The standard InChI is InChI=1S/C12H11N3O4/c1-7-3-9(12(16)10(4-7)15(17)18)6-13-11-5-8(2)19-14-11/h3-6,16H,1-2H3/p-1. The van der Waals surface area contributed by atoms with E-state index in [1.165, 1.54) is 18.3 Å². The van der Waals surface area contributed by atoms with E-state index in [1.54, 1.807) is 19.9 Å². The van der Waals surface area contributed by atoms with E-state index in [1.807, 2.05) is 0 Å². The van der Waals surface area contributed by atoms with Gasteiger partial charge in [-0.15, -0.1) is 0 Å². The van der Waals surface area contributed by atoms with Gasteiger partial charge in [0.05, 0.1) is 4.92 Å². The lowest BCUT2D eigenvalue weighted by atomic mass is 10.1. The van der Waals surface area contributed by atoms with Crippen LogP contribution in [0.2, 0.25) is 0 Å². The topological polar surface area (TPSA) is 105 Å². The first-order valence-corrected chi connectivity index (χ1v) is 5.41. The molecule has 1 heterocycles. The molecule has 0 radical (unpaired) electrons. The van der Waals surface area contributed by atoms with E-state index in [0.717, 1.165) is 0 Å². The summed E-state index contributed by atoms with van der Waals surface area (Å²) in [6.07, 6.45) is 1.25. The lowest BCUT2D eigenvalue weighted by Gasteiger charge is -2.11. The largest absolute Gasteiger partial charge is 0.867 e. The Balaban J connectivity index is 2.40. The number of aromatic nitrogens is 1. The third-order valence-corrected chi connectivity index (χ3v) is 2.39. The van der Waals surface area contributed by atoms with E-state index in [0.29, 0.717) is 17.1 Å². The molecule has 0 aliphatic heterocycles. The van der Waals surface area contributed by atoms with Gasteiger partial charge in [0, 0.05) is 18.3 Å². The second-order valence-corrected chi connectivity index (χ2v) is 4.01. The summed E-state index contributed by atoms with van der Waals surface area (Å²) < 4.78 is 4.82. The fraction of sp³-hybridized carbons (Fsp3) is 0.167. The van der Waals surface area contributed by atoms with Crippen molar-refractivity contribution in [3.05, 3.63) is 45.2 Å². The highest BCUT2D eigenvalue weighted by molar-refractivity contribution is 5.87. The second-order valence-electron chi connectivity index (χ2n) is 4.01. The van der Waals surface area contributed by atoms with Crippen LogP contribution in [0.1, 0.15) is 16.9 Å². The van der Waals surface area contributed by atoms with Crippen LogP contribution in [0, 0.1) is 24.0 Å². The van der Waals surface area contributed by atoms with Crippen LogP contribution in [-0.4, -0.2) is 16.3 Å². The molecule has 19 heavy (non-hydrogen) atoms. The second kappa shape index (κ2) is 4.89. The molecule has 0 unspecified atom stereocenters. The van der Waals surface area contributed by atoms with Crippen molar-refractivity contribution in [1.82, 2.24) is 5.16 Å². The van der Waals surface area contributed by atoms with Gasteiger partial charge in [-0.1, -0.05) is 11.2 Å². The summed E-state index contributed by atoms with van der Waals surface area (Å²) in [6.45, 7) is 3.38. The average Bonchev–Trinajstić information content (AvgIpc) is 2.75. The van der Waals surface area contributed by atoms with Crippen LogP contribution in [-0.2, 0) is 0 Å². The summed E-state index contributed by atoms with van der Waals surface area (Å²) >= 11 is 0. The Labute approximate surface area is 108 Å². The van der Waals surface area contributed by atoms with Crippen molar-refractivity contribution < 1.29 is 14.6 Å². The first-order valence-electron chi connectivity index (χ1n) is 5.41. The number of nitro groups is 1. The van der Waals surface area contributed by atoms with Crippen molar-refractivity contribution in [2.75, 3.05) is 0 Å². The lowest BCUT2D eigenvalue weighted by molar-refractivity contribution is -0.398. The minimum Gasteiger partial charge on any atom is -0.867 e. The number of nitro benzene ring substituents is 1. The molecular weight excluding hydrogens is 250 g/mol. The molecule has 7 heteroatoms. The van der Waals surface area contributed by atoms with E-state index in [9.17, 15) is 15.2 Å². The molecule has 2 rings (SSSR count). The minimum atomic E-state index is -0.701. The summed E-state index contributed by atoms with van der Waals surface area (Å²) in [5, 5.41) is 26.2. The van der Waals surface area contributed by atoms with Gasteiger partial charge in [0.15, 0.2) is 5.82 Å². The monoisotopic (exact) mass is 260 g/mol. The highest BCUT2D eigenvalue weighted by atomic mass is 16.6. The highest BCUT2D eigenvalue weighted by Crippen LogP contribution is 2.27. The zero-order chi connectivity index (χ0) is 14.0. The van der Waals surface area contributed by atoms with E-state index < -0.39 is 16.4 Å². The van der Waals surface area contributed by atoms with Gasteiger partial charge < -0.3 is 9.63 Å². The fourth-order valence-corrected chi connectivity index (χ4v) is 1.56. The normalized spacial score (nSPS) is 11.1. The van der Waals surface area contributed by atoms with Crippen LogP contribution >= 0.6 is 0 Å². The molecule has 0 aliphatic carbocycles. The Morgan fingerprint density at radius 3 is 2.68 bits per heavy atom. The molecule has 98 valence electrons. The maximum Gasteiger partial charge on any atom is 0.262 e. The Bertz CT molecular complexity index is 661. The van der Waals surface area contributed by atoms with Gasteiger partial charge in [0.25, 0.3) is 5.69 Å². The Morgan fingerprint density at radius 2 is 2.11 bits per heavy atom. The van der Waals surface area contributed by atoms with E-state index in [4.69, 9.17) is 4.52 Å². The smallest absolute Gasteiger partial charge is 0.262 e. The minimum absolute atomic E-state index is 0.146. The third-order valence-electron chi connectivity index (χ3n) is 2.39. The molecule has 0 aliphatic rings. The van der Waals surface area contributed by atoms with E-state index in [-0.39, 0.29) is 5.56 Å². The molecule has 0 N–H and O–H groups in total. The van der Waals surface area contributed by atoms with Crippen molar-refractivity contribution in [1.29, 1.82) is 0 Å². The molecule has 0 saturated carbocycles. The van der Waals surface area contributed by atoms with Gasteiger partial charge in [-0.05, 0) is 30.7 Å². The number of hydrogen-bond donors (Lipinski definition) is 0. The van der Waals surface area contributed by atoms with Crippen molar-refractivity contribution in [2.45, 2.75) is 13.8 Å². The van der Waals surface area contributed by atoms with Crippen molar-refractivity contribution in [2.24, 2.45) is 4.99 Å². The molecule has 0 amide bonds.